The molecule has 0 unspecified atom stereocenters. The topological polar surface area (TPSA) is 30.7 Å². The first kappa shape index (κ1) is 6.54. The summed E-state index contributed by atoms with van der Waals surface area (Å²) in [5, 5.41) is 2.91. The molecule has 2 aromatic heterocycles. The van der Waals surface area contributed by atoms with Crippen LogP contribution in [-0.2, 0) is 0 Å². The van der Waals surface area contributed by atoms with Crippen molar-refractivity contribution in [3.63, 3.8) is 0 Å². The molecule has 0 N–H and O–H groups in total. The lowest BCUT2D eigenvalue weighted by Gasteiger charge is -1.90. The van der Waals surface area contributed by atoms with Gasteiger partial charge in [0.2, 0.25) is 0 Å². The van der Waals surface area contributed by atoms with E-state index in [9.17, 15) is 0 Å². The zero-order chi connectivity index (χ0) is 7.68. The number of aryl methyl sites for hydroxylation is 1. The fourth-order valence-corrected chi connectivity index (χ4v) is 1.46. The second-order valence-electron chi connectivity index (χ2n) is 2.24. The van der Waals surface area contributed by atoms with Gasteiger partial charge in [0.05, 0.1) is 5.69 Å². The van der Waals surface area contributed by atoms with Crippen molar-refractivity contribution >= 4 is 11.3 Å². The molecule has 56 valence electrons. The van der Waals surface area contributed by atoms with Crippen molar-refractivity contribution in [2.45, 2.75) is 6.92 Å². The quantitative estimate of drug-likeness (QED) is 0.643. The van der Waals surface area contributed by atoms with Gasteiger partial charge in [-0.1, -0.05) is 0 Å². The Hall–Kier alpha value is -1.16. The first-order valence-corrected chi connectivity index (χ1v) is 4.15. The van der Waals surface area contributed by atoms with E-state index in [2.05, 4.69) is 9.97 Å². The highest BCUT2D eigenvalue weighted by atomic mass is 32.1. The number of imidazole rings is 1. The summed E-state index contributed by atoms with van der Waals surface area (Å²) in [4.78, 5) is 8.24. The van der Waals surface area contributed by atoms with Crippen LogP contribution in [0.3, 0.4) is 0 Å². The zero-order valence-corrected chi connectivity index (χ0v) is 6.88. The third-order valence-electron chi connectivity index (χ3n) is 1.35. The molecule has 0 spiro atoms. The highest BCUT2D eigenvalue weighted by Gasteiger charge is 1.97. The Morgan fingerprint density at radius 2 is 2.36 bits per heavy atom. The average molecular weight is 165 g/mol. The van der Waals surface area contributed by atoms with E-state index in [1.807, 2.05) is 23.1 Å². The summed E-state index contributed by atoms with van der Waals surface area (Å²) in [7, 11) is 0. The first-order valence-electron chi connectivity index (χ1n) is 3.27. The van der Waals surface area contributed by atoms with Crippen LogP contribution < -0.4 is 0 Å². The molecule has 0 atom stereocenters. The molecule has 0 radical (unpaired) electrons. The Morgan fingerprint density at radius 1 is 1.45 bits per heavy atom. The Morgan fingerprint density at radius 3 is 2.91 bits per heavy atom. The van der Waals surface area contributed by atoms with E-state index >= 15 is 0 Å². The number of aromatic nitrogens is 3. The molecule has 0 aliphatic carbocycles. The fourth-order valence-electron chi connectivity index (χ4n) is 0.869. The molecule has 0 amide bonds. The molecular formula is C7H7N3S. The number of rotatable bonds is 1. The molecular weight excluding hydrogens is 158 g/mol. The average Bonchev–Trinajstić information content (AvgIpc) is 2.55. The number of hydrogen-bond donors (Lipinski definition) is 0. The first-order chi connectivity index (χ1) is 5.36. The van der Waals surface area contributed by atoms with E-state index < -0.39 is 0 Å². The highest BCUT2D eigenvalue weighted by Crippen LogP contribution is 2.10. The van der Waals surface area contributed by atoms with Crippen LogP contribution in [0, 0.1) is 6.92 Å². The van der Waals surface area contributed by atoms with Crippen LogP contribution in [0.1, 0.15) is 5.69 Å². The van der Waals surface area contributed by atoms with Gasteiger partial charge < -0.3 is 0 Å². The van der Waals surface area contributed by atoms with Crippen LogP contribution in [-0.4, -0.2) is 14.5 Å². The molecule has 4 heteroatoms. The monoisotopic (exact) mass is 165 g/mol. The van der Waals surface area contributed by atoms with E-state index in [0.717, 1.165) is 10.8 Å². The Labute approximate surface area is 68.4 Å². The van der Waals surface area contributed by atoms with Crippen LogP contribution in [0.4, 0.5) is 0 Å². The normalized spacial score (nSPS) is 10.3. The van der Waals surface area contributed by atoms with Crippen molar-refractivity contribution in [3.8, 4) is 5.13 Å². The minimum Gasteiger partial charge on any atom is -0.282 e. The number of nitrogens with zero attached hydrogens (tertiary/aromatic N) is 3. The van der Waals surface area contributed by atoms with Crippen molar-refractivity contribution in [2.24, 2.45) is 0 Å². The predicted octanol–water partition coefficient (Wildman–Crippen LogP) is 1.64. The minimum absolute atomic E-state index is 0.964. The maximum atomic E-state index is 4.14. The number of hydrogen-bond acceptors (Lipinski definition) is 3. The van der Waals surface area contributed by atoms with Gasteiger partial charge >= 0.3 is 0 Å². The van der Waals surface area contributed by atoms with E-state index in [1.54, 1.807) is 23.9 Å². The molecule has 0 saturated heterocycles. The lowest BCUT2D eigenvalue weighted by molar-refractivity contribution is 1.03. The zero-order valence-electron chi connectivity index (χ0n) is 6.06. The highest BCUT2D eigenvalue weighted by molar-refractivity contribution is 7.12. The van der Waals surface area contributed by atoms with E-state index in [0.29, 0.717) is 0 Å². The van der Waals surface area contributed by atoms with Crippen LogP contribution in [0.2, 0.25) is 0 Å². The van der Waals surface area contributed by atoms with Gasteiger partial charge in [-0.25, -0.2) is 9.97 Å². The van der Waals surface area contributed by atoms with Gasteiger partial charge in [0.1, 0.15) is 6.33 Å². The second-order valence-corrected chi connectivity index (χ2v) is 3.11. The SMILES string of the molecule is Cc1cn(-c2nccs2)cn1. The molecule has 0 bridgehead atoms. The van der Waals surface area contributed by atoms with E-state index in [-0.39, 0.29) is 0 Å². The maximum absolute atomic E-state index is 4.14. The molecule has 0 aliphatic heterocycles. The van der Waals surface area contributed by atoms with Gasteiger partial charge in [0, 0.05) is 17.8 Å². The Bertz CT molecular complexity index is 336. The third-order valence-corrected chi connectivity index (χ3v) is 2.14. The number of thiazole rings is 1. The molecule has 0 aliphatic rings. The smallest absolute Gasteiger partial charge is 0.194 e. The van der Waals surface area contributed by atoms with Gasteiger partial charge in [0.25, 0.3) is 0 Å². The van der Waals surface area contributed by atoms with Crippen molar-refractivity contribution in [2.75, 3.05) is 0 Å². The maximum Gasteiger partial charge on any atom is 0.194 e. The summed E-state index contributed by atoms with van der Waals surface area (Å²) in [6, 6.07) is 0. The van der Waals surface area contributed by atoms with Gasteiger partial charge in [0.15, 0.2) is 5.13 Å². The molecule has 0 saturated carbocycles. The van der Waals surface area contributed by atoms with Gasteiger partial charge in [-0.2, -0.15) is 0 Å². The van der Waals surface area contributed by atoms with Crippen LogP contribution in [0.25, 0.3) is 5.13 Å². The molecule has 2 aromatic rings. The molecule has 2 heterocycles. The van der Waals surface area contributed by atoms with Crippen LogP contribution >= 0.6 is 11.3 Å². The Kier molecular flexibility index (Phi) is 1.47. The van der Waals surface area contributed by atoms with E-state index in [1.165, 1.54) is 0 Å². The van der Waals surface area contributed by atoms with Gasteiger partial charge in [-0.05, 0) is 6.92 Å². The molecule has 2 rings (SSSR count). The third kappa shape index (κ3) is 1.17. The Balaban J connectivity index is 2.45. The van der Waals surface area contributed by atoms with Crippen LogP contribution in [0.5, 0.6) is 0 Å². The standard InChI is InChI=1S/C7H7N3S/c1-6-4-10(5-9-6)7-8-2-3-11-7/h2-5H,1H3. The summed E-state index contributed by atoms with van der Waals surface area (Å²) in [6.45, 7) is 1.96. The van der Waals surface area contributed by atoms with E-state index in [4.69, 9.17) is 0 Å². The lowest BCUT2D eigenvalue weighted by atomic mass is 10.6. The fraction of sp³-hybridized carbons (Fsp3) is 0.143. The molecule has 3 nitrogen and oxygen atoms in total. The summed E-state index contributed by atoms with van der Waals surface area (Å²) in [6.07, 6.45) is 5.52. The van der Waals surface area contributed by atoms with Crippen LogP contribution in [0.15, 0.2) is 24.1 Å². The van der Waals surface area contributed by atoms with Gasteiger partial charge in [-0.3, -0.25) is 4.57 Å². The largest absolute Gasteiger partial charge is 0.282 e. The van der Waals surface area contributed by atoms with Crippen molar-refractivity contribution in [1.82, 2.24) is 14.5 Å². The summed E-state index contributed by atoms with van der Waals surface area (Å²) in [5.74, 6) is 0. The predicted molar refractivity (Wildman–Crippen MR) is 44.0 cm³/mol. The van der Waals surface area contributed by atoms with Crippen molar-refractivity contribution in [3.05, 3.63) is 29.8 Å². The molecule has 0 fully saturated rings. The second kappa shape index (κ2) is 2.47. The van der Waals surface area contributed by atoms with Crippen molar-refractivity contribution in [1.29, 1.82) is 0 Å². The lowest BCUT2D eigenvalue weighted by Crippen LogP contribution is -1.86. The summed E-state index contributed by atoms with van der Waals surface area (Å²) in [5.41, 5.74) is 1.01. The summed E-state index contributed by atoms with van der Waals surface area (Å²) < 4.78 is 1.92. The molecule has 0 aromatic carbocycles. The molecule has 11 heavy (non-hydrogen) atoms. The van der Waals surface area contributed by atoms with Gasteiger partial charge in [-0.15, -0.1) is 11.3 Å². The minimum atomic E-state index is 0.964. The van der Waals surface area contributed by atoms with Crippen molar-refractivity contribution < 1.29 is 0 Å². The summed E-state index contributed by atoms with van der Waals surface area (Å²) >= 11 is 1.60.